The van der Waals surface area contributed by atoms with Crippen molar-refractivity contribution in [1.82, 2.24) is 15.1 Å². The quantitative estimate of drug-likeness (QED) is 0.733. The van der Waals surface area contributed by atoms with E-state index >= 15 is 0 Å². The fourth-order valence-electron chi connectivity index (χ4n) is 4.77. The highest BCUT2D eigenvalue weighted by molar-refractivity contribution is 5.84. The van der Waals surface area contributed by atoms with Crippen molar-refractivity contribution < 1.29 is 19.1 Å². The number of amides is 2. The number of piperidine rings is 1. The van der Waals surface area contributed by atoms with Gasteiger partial charge in [0.1, 0.15) is 5.54 Å². The molecule has 1 atom stereocenters. The molecular weight excluding hydrogens is 384 g/mol. The summed E-state index contributed by atoms with van der Waals surface area (Å²) >= 11 is 0. The number of rotatable bonds is 5. The SMILES string of the molecule is CN1CCC(C#N)(NC(=O)C(CC2(C)CCCCC2)OC(=O)N2CCOCC2)CC1. The number of carbonyl (C=O) groups excluding carboxylic acids is 2. The first-order valence-electron chi connectivity index (χ1n) is 11.3. The zero-order valence-corrected chi connectivity index (χ0v) is 18.5. The maximum atomic E-state index is 13.3. The van der Waals surface area contributed by atoms with E-state index in [1.54, 1.807) is 4.90 Å². The molecule has 168 valence electrons. The Morgan fingerprint density at radius 2 is 1.73 bits per heavy atom. The monoisotopic (exact) mass is 420 g/mol. The summed E-state index contributed by atoms with van der Waals surface area (Å²) in [7, 11) is 2.01. The maximum Gasteiger partial charge on any atom is 0.410 e. The van der Waals surface area contributed by atoms with Gasteiger partial charge in [-0.3, -0.25) is 4.79 Å². The van der Waals surface area contributed by atoms with Crippen molar-refractivity contribution in [2.45, 2.75) is 69.9 Å². The van der Waals surface area contributed by atoms with Gasteiger partial charge in [-0.1, -0.05) is 26.2 Å². The summed E-state index contributed by atoms with van der Waals surface area (Å²) in [4.78, 5) is 29.8. The van der Waals surface area contributed by atoms with Crippen LogP contribution in [0.15, 0.2) is 0 Å². The maximum absolute atomic E-state index is 13.3. The van der Waals surface area contributed by atoms with Crippen LogP contribution in [0.5, 0.6) is 0 Å². The van der Waals surface area contributed by atoms with Crippen molar-refractivity contribution in [2.24, 2.45) is 5.41 Å². The van der Waals surface area contributed by atoms with Crippen LogP contribution in [0.1, 0.15) is 58.3 Å². The van der Waals surface area contributed by atoms with Gasteiger partial charge < -0.3 is 24.6 Å². The molecule has 1 aliphatic carbocycles. The van der Waals surface area contributed by atoms with Crippen LogP contribution in [-0.2, 0) is 14.3 Å². The van der Waals surface area contributed by atoms with E-state index in [4.69, 9.17) is 9.47 Å². The van der Waals surface area contributed by atoms with E-state index in [0.29, 0.717) is 45.6 Å². The Kier molecular flexibility index (Phi) is 7.59. The summed E-state index contributed by atoms with van der Waals surface area (Å²) in [5.41, 5.74) is -0.918. The molecule has 0 aromatic carbocycles. The van der Waals surface area contributed by atoms with Crippen LogP contribution in [0.2, 0.25) is 0 Å². The summed E-state index contributed by atoms with van der Waals surface area (Å²) in [6.07, 6.45) is 5.84. The lowest BCUT2D eigenvalue weighted by Crippen LogP contribution is -2.57. The summed E-state index contributed by atoms with van der Waals surface area (Å²) in [5.74, 6) is -0.338. The Balaban J connectivity index is 1.71. The Hall–Kier alpha value is -1.85. The molecule has 2 saturated heterocycles. The molecule has 3 rings (SSSR count). The molecule has 8 heteroatoms. The molecule has 0 spiro atoms. The van der Waals surface area contributed by atoms with Gasteiger partial charge in [0.25, 0.3) is 5.91 Å². The Labute approximate surface area is 179 Å². The van der Waals surface area contributed by atoms with E-state index in [0.717, 1.165) is 38.8 Å². The Bertz CT molecular complexity index is 642. The van der Waals surface area contributed by atoms with E-state index in [-0.39, 0.29) is 11.3 Å². The smallest absolute Gasteiger partial charge is 0.410 e. The topological polar surface area (TPSA) is 94.9 Å². The largest absolute Gasteiger partial charge is 0.436 e. The molecule has 0 bridgehead atoms. The third-order valence-corrected chi connectivity index (χ3v) is 6.96. The Morgan fingerprint density at radius 3 is 2.33 bits per heavy atom. The number of hydrogen-bond donors (Lipinski definition) is 1. The average molecular weight is 421 g/mol. The first-order chi connectivity index (χ1) is 14.3. The predicted molar refractivity (Wildman–Crippen MR) is 112 cm³/mol. The number of nitrogens with one attached hydrogen (secondary N) is 1. The van der Waals surface area contributed by atoms with Crippen molar-refractivity contribution in [3.8, 4) is 6.07 Å². The second-order valence-corrected chi connectivity index (χ2v) is 9.53. The number of nitriles is 1. The van der Waals surface area contributed by atoms with Crippen LogP contribution in [0, 0.1) is 16.7 Å². The van der Waals surface area contributed by atoms with Gasteiger partial charge in [-0.15, -0.1) is 0 Å². The lowest BCUT2D eigenvalue weighted by atomic mass is 9.72. The second kappa shape index (κ2) is 9.97. The minimum atomic E-state index is -0.888. The normalized spacial score (nSPS) is 25.0. The zero-order valence-electron chi connectivity index (χ0n) is 18.5. The van der Waals surface area contributed by atoms with Gasteiger partial charge in [-0.05, 0) is 44.6 Å². The van der Waals surface area contributed by atoms with Crippen LogP contribution in [0.25, 0.3) is 0 Å². The average Bonchev–Trinajstić information content (AvgIpc) is 2.76. The third kappa shape index (κ3) is 5.86. The van der Waals surface area contributed by atoms with Crippen LogP contribution in [0.4, 0.5) is 4.79 Å². The molecule has 3 fully saturated rings. The molecule has 1 saturated carbocycles. The standard InChI is InChI=1S/C22H36N4O4/c1-21(6-4-3-5-7-21)16-18(30-20(28)26-12-14-29-15-13-26)19(27)24-22(17-23)8-10-25(2)11-9-22/h18H,3-16H2,1-2H3,(H,24,27). The molecule has 0 radical (unpaired) electrons. The number of likely N-dealkylation sites (tertiary alicyclic amines) is 1. The number of hydrogen-bond acceptors (Lipinski definition) is 6. The first-order valence-corrected chi connectivity index (χ1v) is 11.3. The molecular formula is C22H36N4O4. The predicted octanol–water partition coefficient (Wildman–Crippen LogP) is 2.29. The van der Waals surface area contributed by atoms with E-state index < -0.39 is 17.7 Å². The highest BCUT2D eigenvalue weighted by Crippen LogP contribution is 2.40. The van der Waals surface area contributed by atoms with Crippen molar-refractivity contribution >= 4 is 12.0 Å². The minimum Gasteiger partial charge on any atom is -0.436 e. The van der Waals surface area contributed by atoms with Crippen LogP contribution in [-0.4, -0.2) is 79.9 Å². The van der Waals surface area contributed by atoms with Gasteiger partial charge >= 0.3 is 6.09 Å². The second-order valence-electron chi connectivity index (χ2n) is 9.53. The van der Waals surface area contributed by atoms with E-state index in [1.807, 2.05) is 7.05 Å². The molecule has 8 nitrogen and oxygen atoms in total. The molecule has 1 N–H and O–H groups in total. The van der Waals surface area contributed by atoms with Crippen LogP contribution in [0.3, 0.4) is 0 Å². The summed E-state index contributed by atoms with van der Waals surface area (Å²) in [6.45, 7) is 5.60. The first kappa shape index (κ1) is 22.8. The van der Waals surface area contributed by atoms with Gasteiger partial charge in [-0.25, -0.2) is 4.79 Å². The lowest BCUT2D eigenvalue weighted by molar-refractivity contribution is -0.134. The third-order valence-electron chi connectivity index (χ3n) is 6.96. The molecule has 2 aliphatic heterocycles. The summed E-state index contributed by atoms with van der Waals surface area (Å²) in [6, 6.07) is 2.33. The molecule has 2 amide bonds. The van der Waals surface area contributed by atoms with Crippen molar-refractivity contribution in [2.75, 3.05) is 46.4 Å². The molecule has 0 aromatic rings. The van der Waals surface area contributed by atoms with Gasteiger partial charge in [0.15, 0.2) is 6.10 Å². The van der Waals surface area contributed by atoms with Gasteiger partial charge in [0.05, 0.1) is 19.3 Å². The van der Waals surface area contributed by atoms with Crippen molar-refractivity contribution in [1.29, 1.82) is 5.26 Å². The number of morpholine rings is 1. The van der Waals surface area contributed by atoms with E-state index in [1.165, 1.54) is 6.42 Å². The van der Waals surface area contributed by atoms with Crippen molar-refractivity contribution in [3.63, 3.8) is 0 Å². The minimum absolute atomic E-state index is 0.0296. The van der Waals surface area contributed by atoms with Gasteiger partial charge in [0.2, 0.25) is 0 Å². The van der Waals surface area contributed by atoms with Crippen molar-refractivity contribution in [3.05, 3.63) is 0 Å². The zero-order chi connectivity index (χ0) is 21.6. The van der Waals surface area contributed by atoms with Gasteiger partial charge in [-0.2, -0.15) is 5.26 Å². The van der Waals surface area contributed by atoms with Crippen LogP contribution < -0.4 is 5.32 Å². The summed E-state index contributed by atoms with van der Waals surface area (Å²) < 4.78 is 11.1. The lowest BCUT2D eigenvalue weighted by Gasteiger charge is -2.39. The van der Waals surface area contributed by atoms with Gasteiger partial charge in [0, 0.05) is 26.2 Å². The number of nitrogens with zero attached hydrogens (tertiary/aromatic N) is 3. The fraction of sp³-hybridized carbons (Fsp3) is 0.864. The Morgan fingerprint density at radius 1 is 1.10 bits per heavy atom. The highest BCUT2D eigenvalue weighted by atomic mass is 16.6. The molecule has 1 unspecified atom stereocenters. The van der Waals surface area contributed by atoms with E-state index in [9.17, 15) is 14.9 Å². The highest BCUT2D eigenvalue weighted by Gasteiger charge is 2.41. The van der Waals surface area contributed by atoms with Crippen LogP contribution >= 0.6 is 0 Å². The molecule has 3 aliphatic rings. The van der Waals surface area contributed by atoms with E-state index in [2.05, 4.69) is 23.2 Å². The molecule has 2 heterocycles. The number of carbonyl (C=O) groups is 2. The molecule has 30 heavy (non-hydrogen) atoms. The summed E-state index contributed by atoms with van der Waals surface area (Å²) in [5, 5.41) is 12.8. The fourth-order valence-corrected chi connectivity index (χ4v) is 4.77. The number of ether oxygens (including phenoxy) is 2. The molecule has 0 aromatic heterocycles.